The van der Waals surface area contributed by atoms with Crippen molar-refractivity contribution in [2.45, 2.75) is 26.0 Å². The minimum Gasteiger partial charge on any atom is -0.503 e. The van der Waals surface area contributed by atoms with Gasteiger partial charge >= 0.3 is 0 Å². The number of aromatic nitrogens is 1. The van der Waals surface area contributed by atoms with E-state index in [1.807, 2.05) is 13.8 Å². The van der Waals surface area contributed by atoms with E-state index in [1.165, 1.54) is 16.2 Å². The van der Waals surface area contributed by atoms with Gasteiger partial charge in [-0.25, -0.2) is 0 Å². The summed E-state index contributed by atoms with van der Waals surface area (Å²) in [6.45, 7) is 4.37. The lowest BCUT2D eigenvalue weighted by Crippen LogP contribution is -2.34. The van der Waals surface area contributed by atoms with Gasteiger partial charge in [0.25, 0.3) is 5.91 Å². The maximum atomic E-state index is 12.9. The fourth-order valence-electron chi connectivity index (χ4n) is 2.89. The predicted molar refractivity (Wildman–Crippen MR) is 98.1 cm³/mol. The molecule has 1 amide bonds. The third kappa shape index (κ3) is 3.54. The number of Topliss-reactive ketones (excluding diaryl/α,β-unsaturated/α-hetero) is 1. The molecular formula is C19H20N2O4S. The third-order valence-electron chi connectivity index (χ3n) is 4.04. The number of thiophene rings is 1. The van der Waals surface area contributed by atoms with Crippen LogP contribution in [0.5, 0.6) is 0 Å². The number of carbonyl (C=O) groups is 2. The Bertz CT molecular complexity index is 815. The van der Waals surface area contributed by atoms with Crippen molar-refractivity contribution in [3.8, 4) is 0 Å². The highest BCUT2D eigenvalue weighted by atomic mass is 32.1. The van der Waals surface area contributed by atoms with Crippen LogP contribution in [0.2, 0.25) is 0 Å². The van der Waals surface area contributed by atoms with E-state index in [0.29, 0.717) is 17.2 Å². The Labute approximate surface area is 155 Å². The van der Waals surface area contributed by atoms with Crippen LogP contribution in [-0.4, -0.2) is 45.9 Å². The molecule has 3 heterocycles. The number of aliphatic hydroxyl groups is 1. The smallest absolute Gasteiger partial charge is 0.290 e. The molecule has 0 saturated carbocycles. The zero-order valence-corrected chi connectivity index (χ0v) is 15.4. The second-order valence-corrected chi connectivity index (χ2v) is 7.09. The summed E-state index contributed by atoms with van der Waals surface area (Å²) in [6, 6.07) is 8.01. The largest absolute Gasteiger partial charge is 0.503 e. The van der Waals surface area contributed by atoms with E-state index in [9.17, 15) is 14.7 Å². The second kappa shape index (κ2) is 7.80. The van der Waals surface area contributed by atoms with E-state index in [2.05, 4.69) is 4.98 Å². The minimum absolute atomic E-state index is 0.0229. The molecule has 0 radical (unpaired) electrons. The standard InChI is InChI=1S/C19H20N2O4S/c1-12(2)25-10-9-21-16(13-6-3-4-8-20-13)15(18(23)19(21)24)17(22)14-7-5-11-26-14/h3-8,11-12,16,23H,9-10H2,1-2H3. The van der Waals surface area contributed by atoms with E-state index in [-0.39, 0.29) is 24.0 Å². The van der Waals surface area contributed by atoms with E-state index in [4.69, 9.17) is 4.74 Å². The molecular weight excluding hydrogens is 352 g/mol. The van der Waals surface area contributed by atoms with Gasteiger partial charge in [0.1, 0.15) is 6.04 Å². The van der Waals surface area contributed by atoms with Gasteiger partial charge in [-0.15, -0.1) is 11.3 Å². The van der Waals surface area contributed by atoms with Crippen LogP contribution < -0.4 is 0 Å². The topological polar surface area (TPSA) is 79.7 Å². The summed E-state index contributed by atoms with van der Waals surface area (Å²) in [5.74, 6) is -1.44. The summed E-state index contributed by atoms with van der Waals surface area (Å²) in [6.07, 6.45) is 1.63. The van der Waals surface area contributed by atoms with E-state index in [0.717, 1.165) is 0 Å². The van der Waals surface area contributed by atoms with Gasteiger partial charge in [0.15, 0.2) is 5.76 Å². The van der Waals surface area contributed by atoms with Crippen molar-refractivity contribution in [1.82, 2.24) is 9.88 Å². The van der Waals surface area contributed by atoms with E-state index >= 15 is 0 Å². The van der Waals surface area contributed by atoms with Crippen molar-refractivity contribution in [2.24, 2.45) is 0 Å². The SMILES string of the molecule is CC(C)OCCN1C(=O)C(O)=C(C(=O)c2cccs2)C1c1ccccn1. The molecule has 0 saturated heterocycles. The fourth-order valence-corrected chi connectivity index (χ4v) is 3.57. The molecule has 1 aliphatic heterocycles. The molecule has 7 heteroatoms. The molecule has 136 valence electrons. The maximum absolute atomic E-state index is 12.9. The molecule has 1 atom stereocenters. The Morgan fingerprint density at radius 3 is 2.77 bits per heavy atom. The number of amides is 1. The van der Waals surface area contributed by atoms with Gasteiger partial charge < -0.3 is 14.7 Å². The number of hydrogen-bond donors (Lipinski definition) is 1. The number of ketones is 1. The predicted octanol–water partition coefficient (Wildman–Crippen LogP) is 3.15. The Balaban J connectivity index is 1.97. The van der Waals surface area contributed by atoms with Gasteiger partial charge in [0.2, 0.25) is 5.78 Å². The molecule has 1 aliphatic rings. The first-order valence-corrected chi connectivity index (χ1v) is 9.23. The van der Waals surface area contributed by atoms with Crippen molar-refractivity contribution in [2.75, 3.05) is 13.2 Å². The van der Waals surface area contributed by atoms with Gasteiger partial charge in [-0.2, -0.15) is 0 Å². The molecule has 2 aromatic heterocycles. The van der Waals surface area contributed by atoms with Crippen LogP contribution in [0.3, 0.4) is 0 Å². The first kappa shape index (κ1) is 18.3. The van der Waals surface area contributed by atoms with Crippen LogP contribution in [0.15, 0.2) is 53.2 Å². The van der Waals surface area contributed by atoms with Crippen LogP contribution >= 0.6 is 11.3 Å². The van der Waals surface area contributed by atoms with Crippen LogP contribution in [0.4, 0.5) is 0 Å². The highest BCUT2D eigenvalue weighted by Gasteiger charge is 2.44. The molecule has 26 heavy (non-hydrogen) atoms. The molecule has 0 spiro atoms. The molecule has 0 fully saturated rings. The summed E-state index contributed by atoms with van der Waals surface area (Å²) in [4.78, 5) is 31.8. The molecule has 0 bridgehead atoms. The molecule has 0 aliphatic carbocycles. The molecule has 0 aromatic carbocycles. The lowest BCUT2D eigenvalue weighted by molar-refractivity contribution is -0.130. The maximum Gasteiger partial charge on any atom is 0.290 e. The Hall–Kier alpha value is -2.51. The highest BCUT2D eigenvalue weighted by molar-refractivity contribution is 7.12. The fraction of sp³-hybridized carbons (Fsp3) is 0.316. The van der Waals surface area contributed by atoms with Crippen LogP contribution in [0.25, 0.3) is 0 Å². The van der Waals surface area contributed by atoms with Crippen molar-refractivity contribution >= 4 is 23.0 Å². The zero-order valence-electron chi connectivity index (χ0n) is 14.6. The average Bonchev–Trinajstić information content (AvgIpc) is 3.24. The summed E-state index contributed by atoms with van der Waals surface area (Å²) < 4.78 is 5.54. The molecule has 6 nitrogen and oxygen atoms in total. The lowest BCUT2D eigenvalue weighted by Gasteiger charge is -2.26. The van der Waals surface area contributed by atoms with Gasteiger partial charge in [-0.05, 0) is 37.4 Å². The molecule has 2 aromatic rings. The number of ether oxygens (including phenoxy) is 1. The number of carbonyl (C=O) groups excluding carboxylic acids is 2. The van der Waals surface area contributed by atoms with Gasteiger partial charge in [0.05, 0.1) is 28.9 Å². The number of pyridine rings is 1. The number of aliphatic hydroxyl groups excluding tert-OH is 1. The Morgan fingerprint density at radius 1 is 1.35 bits per heavy atom. The first-order chi connectivity index (χ1) is 12.5. The average molecular weight is 372 g/mol. The summed E-state index contributed by atoms with van der Waals surface area (Å²) in [7, 11) is 0. The van der Waals surface area contributed by atoms with Gasteiger partial charge in [-0.1, -0.05) is 12.1 Å². The van der Waals surface area contributed by atoms with Crippen LogP contribution in [-0.2, 0) is 9.53 Å². The van der Waals surface area contributed by atoms with E-state index in [1.54, 1.807) is 41.9 Å². The van der Waals surface area contributed by atoms with Crippen LogP contribution in [0, 0.1) is 0 Å². The zero-order chi connectivity index (χ0) is 18.7. The minimum atomic E-state index is -0.728. The Morgan fingerprint density at radius 2 is 2.15 bits per heavy atom. The number of nitrogens with zero attached hydrogens (tertiary/aromatic N) is 2. The summed E-state index contributed by atoms with van der Waals surface area (Å²) in [5.41, 5.74) is 0.607. The number of hydrogen-bond acceptors (Lipinski definition) is 6. The third-order valence-corrected chi connectivity index (χ3v) is 4.91. The summed E-state index contributed by atoms with van der Waals surface area (Å²) >= 11 is 1.27. The van der Waals surface area contributed by atoms with Crippen LogP contribution in [0.1, 0.15) is 35.3 Å². The second-order valence-electron chi connectivity index (χ2n) is 6.14. The van der Waals surface area contributed by atoms with Gasteiger partial charge in [0, 0.05) is 12.7 Å². The molecule has 1 N–H and O–H groups in total. The van der Waals surface area contributed by atoms with Crippen molar-refractivity contribution in [1.29, 1.82) is 0 Å². The van der Waals surface area contributed by atoms with Crippen molar-refractivity contribution in [3.63, 3.8) is 0 Å². The molecule has 1 unspecified atom stereocenters. The van der Waals surface area contributed by atoms with E-state index < -0.39 is 17.7 Å². The highest BCUT2D eigenvalue weighted by Crippen LogP contribution is 2.38. The first-order valence-electron chi connectivity index (χ1n) is 8.35. The normalized spacial score (nSPS) is 17.4. The van der Waals surface area contributed by atoms with Crippen molar-refractivity contribution in [3.05, 3.63) is 63.8 Å². The lowest BCUT2D eigenvalue weighted by atomic mass is 9.99. The van der Waals surface area contributed by atoms with Crippen molar-refractivity contribution < 1.29 is 19.4 Å². The summed E-state index contributed by atoms with van der Waals surface area (Å²) in [5, 5.41) is 12.2. The Kier molecular flexibility index (Phi) is 5.49. The quantitative estimate of drug-likeness (QED) is 0.755. The monoisotopic (exact) mass is 372 g/mol. The molecule has 3 rings (SSSR count). The number of rotatable bonds is 7. The van der Waals surface area contributed by atoms with Gasteiger partial charge in [-0.3, -0.25) is 14.6 Å².